The molecule has 0 nitrogen and oxygen atoms in total. The lowest BCUT2D eigenvalue weighted by molar-refractivity contribution is 0.561. The minimum Gasteiger partial charge on any atom is -0.126 e. The molecule has 1 aliphatic rings. The van der Waals surface area contributed by atoms with Crippen LogP contribution in [-0.2, 0) is 11.8 Å². The van der Waals surface area contributed by atoms with E-state index in [4.69, 9.17) is 23.2 Å². The molecular weight excluding hydrogens is 239 g/mol. The maximum atomic E-state index is 6.16. The summed E-state index contributed by atoms with van der Waals surface area (Å²) in [6.07, 6.45) is 0.969. The summed E-state index contributed by atoms with van der Waals surface area (Å²) in [4.78, 5) is 0. The molecule has 0 amide bonds. The summed E-state index contributed by atoms with van der Waals surface area (Å²) in [5.41, 5.74) is 2.65. The Labute approximate surface area is 105 Å². The molecule has 0 radical (unpaired) electrons. The van der Waals surface area contributed by atoms with Crippen LogP contribution in [0.2, 0.25) is 0 Å². The van der Waals surface area contributed by atoms with Gasteiger partial charge >= 0.3 is 0 Å². The van der Waals surface area contributed by atoms with Gasteiger partial charge in [-0.15, -0.1) is 23.2 Å². The molecule has 0 unspecified atom stereocenters. The standard InChI is InChI=1S/C14H12Cl2/c15-8-14(9-16)7-11-5-1-3-10-4-2-6-12(14)13(10)11/h1-6H,7-9H2. The summed E-state index contributed by atoms with van der Waals surface area (Å²) in [6, 6.07) is 12.9. The molecule has 16 heavy (non-hydrogen) atoms. The van der Waals surface area contributed by atoms with E-state index in [0.29, 0.717) is 11.8 Å². The van der Waals surface area contributed by atoms with Crippen molar-refractivity contribution in [2.24, 2.45) is 0 Å². The Morgan fingerprint density at radius 3 is 2.38 bits per heavy atom. The monoisotopic (exact) mass is 250 g/mol. The third-order valence-electron chi connectivity index (χ3n) is 3.60. The summed E-state index contributed by atoms with van der Waals surface area (Å²) in [5.74, 6) is 1.18. The quantitative estimate of drug-likeness (QED) is 0.704. The number of hydrogen-bond acceptors (Lipinski definition) is 0. The highest BCUT2D eigenvalue weighted by molar-refractivity contribution is 6.22. The van der Waals surface area contributed by atoms with Gasteiger partial charge in [0.15, 0.2) is 0 Å². The largest absolute Gasteiger partial charge is 0.126 e. The fourth-order valence-electron chi connectivity index (χ4n) is 2.74. The van der Waals surface area contributed by atoms with E-state index in [1.165, 1.54) is 21.9 Å². The van der Waals surface area contributed by atoms with Crippen molar-refractivity contribution < 1.29 is 0 Å². The molecule has 0 saturated heterocycles. The van der Waals surface area contributed by atoms with Gasteiger partial charge in [0, 0.05) is 17.2 Å². The molecule has 2 aromatic rings. The average Bonchev–Trinajstić information content (AvgIpc) is 2.67. The molecule has 0 aromatic heterocycles. The van der Waals surface area contributed by atoms with Crippen molar-refractivity contribution in [2.45, 2.75) is 11.8 Å². The second-order valence-electron chi connectivity index (χ2n) is 4.55. The Morgan fingerprint density at radius 1 is 1.00 bits per heavy atom. The maximum absolute atomic E-state index is 6.16. The highest BCUT2D eigenvalue weighted by atomic mass is 35.5. The second kappa shape index (κ2) is 3.65. The van der Waals surface area contributed by atoms with Crippen molar-refractivity contribution in [3.05, 3.63) is 47.5 Å². The Bertz CT molecular complexity index is 536. The van der Waals surface area contributed by atoms with Crippen molar-refractivity contribution in [1.82, 2.24) is 0 Å². The van der Waals surface area contributed by atoms with Crippen LogP contribution in [0, 0.1) is 0 Å². The van der Waals surface area contributed by atoms with Crippen LogP contribution in [-0.4, -0.2) is 11.8 Å². The van der Waals surface area contributed by atoms with Gasteiger partial charge in [-0.25, -0.2) is 0 Å². The minimum absolute atomic E-state index is 0.0632. The lowest BCUT2D eigenvalue weighted by Gasteiger charge is -2.25. The number of alkyl halides is 2. The predicted octanol–water partition coefficient (Wildman–Crippen LogP) is 4.11. The molecule has 3 rings (SSSR count). The van der Waals surface area contributed by atoms with Gasteiger partial charge in [-0.3, -0.25) is 0 Å². The first kappa shape index (κ1) is 10.4. The third kappa shape index (κ3) is 1.23. The molecule has 0 saturated carbocycles. The van der Waals surface area contributed by atoms with Crippen LogP contribution in [0.15, 0.2) is 36.4 Å². The van der Waals surface area contributed by atoms with Crippen molar-refractivity contribution in [3.63, 3.8) is 0 Å². The summed E-state index contributed by atoms with van der Waals surface area (Å²) < 4.78 is 0. The number of rotatable bonds is 2. The Balaban J connectivity index is 2.36. The van der Waals surface area contributed by atoms with E-state index in [9.17, 15) is 0 Å². The zero-order valence-corrected chi connectivity index (χ0v) is 10.4. The molecule has 82 valence electrons. The van der Waals surface area contributed by atoms with Crippen molar-refractivity contribution in [1.29, 1.82) is 0 Å². The van der Waals surface area contributed by atoms with Crippen molar-refractivity contribution >= 4 is 34.0 Å². The van der Waals surface area contributed by atoms with E-state index in [1.54, 1.807) is 0 Å². The fourth-order valence-corrected chi connectivity index (χ4v) is 3.50. The van der Waals surface area contributed by atoms with E-state index < -0.39 is 0 Å². The van der Waals surface area contributed by atoms with Crippen molar-refractivity contribution in [3.8, 4) is 0 Å². The molecular formula is C14H12Cl2. The minimum atomic E-state index is -0.0632. The van der Waals surface area contributed by atoms with Crippen LogP contribution < -0.4 is 0 Å². The van der Waals surface area contributed by atoms with Gasteiger partial charge in [-0.2, -0.15) is 0 Å². The molecule has 2 heteroatoms. The Hall–Kier alpha value is -0.720. The highest BCUT2D eigenvalue weighted by Gasteiger charge is 2.38. The molecule has 0 N–H and O–H groups in total. The Kier molecular flexibility index (Phi) is 2.38. The van der Waals surface area contributed by atoms with Crippen LogP contribution in [0.3, 0.4) is 0 Å². The predicted molar refractivity (Wildman–Crippen MR) is 70.8 cm³/mol. The summed E-state index contributed by atoms with van der Waals surface area (Å²) in [6.45, 7) is 0. The zero-order valence-electron chi connectivity index (χ0n) is 8.84. The first-order valence-corrected chi connectivity index (χ1v) is 6.51. The summed E-state index contributed by atoms with van der Waals surface area (Å²) >= 11 is 12.3. The normalized spacial score (nSPS) is 16.9. The zero-order chi connectivity index (χ0) is 11.2. The molecule has 0 aliphatic heterocycles. The average molecular weight is 251 g/mol. The van der Waals surface area contributed by atoms with E-state index in [1.807, 2.05) is 0 Å². The summed E-state index contributed by atoms with van der Waals surface area (Å²) in [5, 5.41) is 2.67. The molecule has 0 atom stereocenters. The molecule has 0 heterocycles. The van der Waals surface area contributed by atoms with E-state index in [2.05, 4.69) is 36.4 Å². The Morgan fingerprint density at radius 2 is 1.69 bits per heavy atom. The first-order chi connectivity index (χ1) is 7.80. The fraction of sp³-hybridized carbons (Fsp3) is 0.286. The number of halogens is 2. The molecule has 0 fully saturated rings. The maximum Gasteiger partial charge on any atom is 0.0335 e. The van der Waals surface area contributed by atoms with E-state index in [0.717, 1.165) is 6.42 Å². The van der Waals surface area contributed by atoms with Crippen LogP contribution in [0.1, 0.15) is 11.1 Å². The lowest BCUT2D eigenvalue weighted by atomic mass is 9.85. The number of hydrogen-bond donors (Lipinski definition) is 0. The third-order valence-corrected chi connectivity index (χ3v) is 4.63. The SMILES string of the molecule is ClCC1(CCl)Cc2cccc3cccc1c23. The smallest absolute Gasteiger partial charge is 0.0335 e. The highest BCUT2D eigenvalue weighted by Crippen LogP contribution is 2.43. The van der Waals surface area contributed by atoms with Crippen LogP contribution in [0.4, 0.5) is 0 Å². The van der Waals surface area contributed by atoms with Crippen LogP contribution >= 0.6 is 23.2 Å². The van der Waals surface area contributed by atoms with Crippen LogP contribution in [0.25, 0.3) is 10.8 Å². The lowest BCUT2D eigenvalue weighted by Crippen LogP contribution is -2.29. The van der Waals surface area contributed by atoms with Crippen LogP contribution in [0.5, 0.6) is 0 Å². The van der Waals surface area contributed by atoms with E-state index >= 15 is 0 Å². The van der Waals surface area contributed by atoms with Gasteiger partial charge in [-0.1, -0.05) is 36.4 Å². The van der Waals surface area contributed by atoms with Gasteiger partial charge in [0.1, 0.15) is 0 Å². The second-order valence-corrected chi connectivity index (χ2v) is 5.08. The topological polar surface area (TPSA) is 0 Å². The van der Waals surface area contributed by atoms with E-state index in [-0.39, 0.29) is 5.41 Å². The van der Waals surface area contributed by atoms with Gasteiger partial charge in [0.25, 0.3) is 0 Å². The van der Waals surface area contributed by atoms with Gasteiger partial charge in [-0.05, 0) is 28.3 Å². The van der Waals surface area contributed by atoms with Gasteiger partial charge in [0.05, 0.1) is 0 Å². The van der Waals surface area contributed by atoms with Crippen molar-refractivity contribution in [2.75, 3.05) is 11.8 Å². The first-order valence-electron chi connectivity index (χ1n) is 5.44. The number of benzene rings is 2. The van der Waals surface area contributed by atoms with Gasteiger partial charge < -0.3 is 0 Å². The molecule has 1 aliphatic carbocycles. The molecule has 2 aromatic carbocycles. The molecule has 0 bridgehead atoms. The summed E-state index contributed by atoms with van der Waals surface area (Å²) in [7, 11) is 0. The van der Waals surface area contributed by atoms with Gasteiger partial charge in [0.2, 0.25) is 0 Å². The molecule has 0 spiro atoms.